The van der Waals surface area contributed by atoms with Crippen LogP contribution in [0.15, 0.2) is 30.3 Å². The molecule has 0 amide bonds. The van der Waals surface area contributed by atoms with Gasteiger partial charge in [-0.3, -0.25) is 0 Å². The van der Waals surface area contributed by atoms with Crippen LogP contribution in [0.3, 0.4) is 0 Å². The Morgan fingerprint density at radius 2 is 2.00 bits per heavy atom. The van der Waals surface area contributed by atoms with E-state index in [1.165, 1.54) is 0 Å². The first kappa shape index (κ1) is 21.2. The van der Waals surface area contributed by atoms with Gasteiger partial charge in [-0.1, -0.05) is 31.5 Å². The number of hydrogen-bond donors (Lipinski definition) is 0. The van der Waals surface area contributed by atoms with Gasteiger partial charge in [-0.05, 0) is 39.3 Å². The van der Waals surface area contributed by atoms with Crippen molar-refractivity contribution in [2.75, 3.05) is 20.3 Å². The van der Waals surface area contributed by atoms with Crippen molar-refractivity contribution >= 4 is 5.97 Å². The first-order valence-corrected chi connectivity index (χ1v) is 10.1. The highest BCUT2D eigenvalue weighted by Gasteiger charge is 2.70. The lowest BCUT2D eigenvalue weighted by atomic mass is 9.62. The van der Waals surface area contributed by atoms with Crippen molar-refractivity contribution in [3.63, 3.8) is 0 Å². The molecule has 1 saturated carbocycles. The van der Waals surface area contributed by atoms with Crippen molar-refractivity contribution in [3.8, 4) is 0 Å². The van der Waals surface area contributed by atoms with Gasteiger partial charge in [0.05, 0.1) is 36.7 Å². The molecule has 1 aliphatic heterocycles. The summed E-state index contributed by atoms with van der Waals surface area (Å²) in [6.45, 7) is 8.84. The first-order valence-electron chi connectivity index (χ1n) is 10.1. The van der Waals surface area contributed by atoms with Crippen LogP contribution in [0.5, 0.6) is 0 Å². The minimum atomic E-state index is -0.882. The number of benzene rings is 1. The second kappa shape index (κ2) is 8.49. The van der Waals surface area contributed by atoms with Gasteiger partial charge < -0.3 is 23.7 Å². The van der Waals surface area contributed by atoms with Crippen molar-refractivity contribution in [2.24, 2.45) is 11.8 Å². The highest BCUT2D eigenvalue weighted by molar-refractivity contribution is 5.89. The molecular formula is C22H32O6. The maximum absolute atomic E-state index is 12.6. The molecule has 0 N–H and O–H groups in total. The van der Waals surface area contributed by atoms with E-state index in [0.717, 1.165) is 12.8 Å². The number of carbonyl (C=O) groups excluding carboxylic acids is 1. The van der Waals surface area contributed by atoms with E-state index < -0.39 is 17.7 Å². The number of esters is 1. The number of hydrogen-bond acceptors (Lipinski definition) is 6. The quantitative estimate of drug-likeness (QED) is 0.381. The van der Waals surface area contributed by atoms with Crippen LogP contribution >= 0.6 is 0 Å². The molecule has 5 atom stereocenters. The molecule has 3 rings (SSSR count). The van der Waals surface area contributed by atoms with E-state index in [1.807, 2.05) is 39.0 Å². The topological polar surface area (TPSA) is 63.2 Å². The molecule has 0 bridgehead atoms. The minimum Gasteiger partial charge on any atom is -0.458 e. The second-order valence-corrected chi connectivity index (χ2v) is 8.03. The molecule has 1 saturated heterocycles. The van der Waals surface area contributed by atoms with Crippen molar-refractivity contribution < 1.29 is 28.5 Å². The molecule has 0 spiro atoms. The SMILES string of the molecule is CCCCOC1(OC)C2COC(C)(C)O[C@H]2C1C(C)OC(=O)c1ccccc1. The van der Waals surface area contributed by atoms with E-state index in [0.29, 0.717) is 18.8 Å². The normalized spacial score (nSPS) is 32.1. The number of carbonyl (C=O) groups is 1. The number of rotatable bonds is 8. The van der Waals surface area contributed by atoms with Crippen molar-refractivity contribution in [2.45, 2.75) is 64.3 Å². The van der Waals surface area contributed by atoms with Gasteiger partial charge in [-0.15, -0.1) is 0 Å². The highest BCUT2D eigenvalue weighted by atomic mass is 16.7. The van der Waals surface area contributed by atoms with Gasteiger partial charge >= 0.3 is 5.97 Å². The third-order valence-corrected chi connectivity index (χ3v) is 5.72. The summed E-state index contributed by atoms with van der Waals surface area (Å²) < 4.78 is 30.0. The average molecular weight is 392 g/mol. The van der Waals surface area contributed by atoms with Crippen LogP contribution in [0.2, 0.25) is 0 Å². The molecule has 1 aromatic rings. The fourth-order valence-corrected chi connectivity index (χ4v) is 4.26. The van der Waals surface area contributed by atoms with Crippen molar-refractivity contribution in [1.29, 1.82) is 0 Å². The predicted molar refractivity (Wildman–Crippen MR) is 104 cm³/mol. The summed E-state index contributed by atoms with van der Waals surface area (Å²) in [6.07, 6.45) is 1.35. The smallest absolute Gasteiger partial charge is 0.338 e. The van der Waals surface area contributed by atoms with Crippen molar-refractivity contribution in [1.82, 2.24) is 0 Å². The molecule has 0 radical (unpaired) electrons. The third-order valence-electron chi connectivity index (χ3n) is 5.72. The zero-order valence-corrected chi connectivity index (χ0v) is 17.5. The van der Waals surface area contributed by atoms with Gasteiger partial charge in [-0.25, -0.2) is 4.79 Å². The molecule has 1 heterocycles. The third kappa shape index (κ3) is 3.96. The van der Waals surface area contributed by atoms with Crippen LogP contribution in [-0.4, -0.2) is 50.1 Å². The second-order valence-electron chi connectivity index (χ2n) is 8.03. The fraction of sp³-hybridized carbons (Fsp3) is 0.682. The first-order chi connectivity index (χ1) is 13.3. The highest BCUT2D eigenvalue weighted by Crippen LogP contribution is 2.55. The maximum Gasteiger partial charge on any atom is 0.338 e. The van der Waals surface area contributed by atoms with Gasteiger partial charge in [0.2, 0.25) is 0 Å². The number of ether oxygens (including phenoxy) is 5. The summed E-state index contributed by atoms with van der Waals surface area (Å²) in [4.78, 5) is 12.6. The Labute approximate surface area is 167 Å². The number of fused-ring (bicyclic) bond motifs is 1. The van der Waals surface area contributed by atoms with Crippen LogP contribution in [0.4, 0.5) is 0 Å². The lowest BCUT2D eigenvalue weighted by Gasteiger charge is -2.63. The Balaban J connectivity index is 1.79. The lowest BCUT2D eigenvalue weighted by Crippen LogP contribution is -2.76. The molecule has 4 unspecified atom stereocenters. The van der Waals surface area contributed by atoms with Crippen LogP contribution in [0.25, 0.3) is 0 Å². The zero-order chi connectivity index (χ0) is 20.4. The Kier molecular flexibility index (Phi) is 6.44. The summed E-state index contributed by atoms with van der Waals surface area (Å²) >= 11 is 0. The fourth-order valence-electron chi connectivity index (χ4n) is 4.26. The Morgan fingerprint density at radius 1 is 1.29 bits per heavy atom. The molecule has 1 aliphatic carbocycles. The van der Waals surface area contributed by atoms with Crippen LogP contribution in [0.1, 0.15) is 50.9 Å². The molecule has 2 fully saturated rings. The van der Waals surface area contributed by atoms with Crippen LogP contribution < -0.4 is 0 Å². The summed E-state index contributed by atoms with van der Waals surface area (Å²) in [5.74, 6) is -2.24. The number of unbranched alkanes of at least 4 members (excludes halogenated alkanes) is 1. The van der Waals surface area contributed by atoms with E-state index in [9.17, 15) is 4.79 Å². The molecule has 1 aromatic carbocycles. The summed E-state index contributed by atoms with van der Waals surface area (Å²) in [5, 5.41) is 0. The molecule has 0 aromatic heterocycles. The predicted octanol–water partition coefficient (Wildman–Crippen LogP) is 3.79. The van der Waals surface area contributed by atoms with Gasteiger partial charge in [0.25, 0.3) is 0 Å². The molecule has 2 aliphatic rings. The molecule has 6 nitrogen and oxygen atoms in total. The molecular weight excluding hydrogens is 360 g/mol. The molecule has 6 heteroatoms. The largest absolute Gasteiger partial charge is 0.458 e. The summed E-state index contributed by atoms with van der Waals surface area (Å²) in [5.41, 5.74) is 0.522. The van der Waals surface area contributed by atoms with E-state index in [1.54, 1.807) is 19.2 Å². The maximum atomic E-state index is 12.6. The van der Waals surface area contributed by atoms with E-state index in [4.69, 9.17) is 23.7 Å². The average Bonchev–Trinajstić information content (AvgIpc) is 2.66. The Bertz CT molecular complexity index is 660. The van der Waals surface area contributed by atoms with Gasteiger partial charge in [-0.2, -0.15) is 0 Å². The monoisotopic (exact) mass is 392 g/mol. The summed E-state index contributed by atoms with van der Waals surface area (Å²) in [7, 11) is 1.64. The molecule has 156 valence electrons. The van der Waals surface area contributed by atoms with Crippen molar-refractivity contribution in [3.05, 3.63) is 35.9 Å². The standard InChI is InChI=1S/C22H32O6/c1-6-7-13-25-22(24-5)17-14-26-21(3,4)28-19(17)18(22)15(2)27-20(23)16-11-9-8-10-12-16/h8-12,15,17-19H,6-7,13-14H2,1-5H3/t15?,17?,18?,19-,22?/m1/s1. The van der Waals surface area contributed by atoms with E-state index >= 15 is 0 Å². The minimum absolute atomic E-state index is 0.0646. The van der Waals surface area contributed by atoms with Gasteiger partial charge in [0, 0.05) is 7.11 Å². The Hall–Kier alpha value is -1.47. The van der Waals surface area contributed by atoms with Gasteiger partial charge in [0.1, 0.15) is 6.10 Å². The summed E-state index contributed by atoms with van der Waals surface area (Å²) in [6, 6.07) is 8.99. The van der Waals surface area contributed by atoms with Crippen LogP contribution in [0, 0.1) is 11.8 Å². The van der Waals surface area contributed by atoms with Crippen LogP contribution in [-0.2, 0) is 23.7 Å². The van der Waals surface area contributed by atoms with E-state index in [-0.39, 0.29) is 23.9 Å². The lowest BCUT2D eigenvalue weighted by molar-refractivity contribution is -0.449. The Morgan fingerprint density at radius 3 is 2.64 bits per heavy atom. The zero-order valence-electron chi connectivity index (χ0n) is 17.5. The van der Waals surface area contributed by atoms with E-state index in [2.05, 4.69) is 6.92 Å². The van der Waals surface area contributed by atoms with Gasteiger partial charge in [0.15, 0.2) is 11.6 Å². The molecule has 28 heavy (non-hydrogen) atoms. The number of methoxy groups -OCH3 is 1.